The molecule has 0 aromatic heterocycles. The molecular weight excluding hydrogens is 444 g/mol. The summed E-state index contributed by atoms with van der Waals surface area (Å²) in [6.07, 6.45) is 3.60. The van der Waals surface area contributed by atoms with Crippen molar-refractivity contribution in [2.45, 2.75) is 34.1 Å². The lowest BCUT2D eigenvalue weighted by molar-refractivity contribution is -0.121. The summed E-state index contributed by atoms with van der Waals surface area (Å²) in [5, 5.41) is 2.82. The summed E-state index contributed by atoms with van der Waals surface area (Å²) in [6, 6.07) is 12.4. The first-order valence-corrected chi connectivity index (χ1v) is 13.7. The van der Waals surface area contributed by atoms with E-state index in [2.05, 4.69) is 5.32 Å². The molecule has 0 fully saturated rings. The second-order valence-electron chi connectivity index (χ2n) is 6.81. The largest absolute Gasteiger partial charge is 0.348 e. The number of carbonyl (C=O) groups excluding carboxylic acids is 1. The first kappa shape index (κ1) is 24.4. The van der Waals surface area contributed by atoms with E-state index >= 15 is 0 Å². The maximum atomic E-state index is 12.7. The van der Waals surface area contributed by atoms with E-state index in [9.17, 15) is 21.6 Å². The van der Waals surface area contributed by atoms with Crippen molar-refractivity contribution < 1.29 is 21.6 Å². The summed E-state index contributed by atoms with van der Waals surface area (Å²) in [6.45, 7) is 1.55. The molecule has 1 atom stereocenters. The van der Waals surface area contributed by atoms with Gasteiger partial charge in [0.2, 0.25) is 15.9 Å². The Hall–Kier alpha value is -1.88. The predicted molar refractivity (Wildman–Crippen MR) is 119 cm³/mol. The van der Waals surface area contributed by atoms with Crippen molar-refractivity contribution in [2.24, 2.45) is 0 Å². The van der Waals surface area contributed by atoms with Crippen molar-refractivity contribution in [1.29, 1.82) is 0 Å². The Morgan fingerprint density at radius 2 is 1.53 bits per heavy atom. The van der Waals surface area contributed by atoms with Gasteiger partial charge in [0.05, 0.1) is 22.4 Å². The van der Waals surface area contributed by atoms with Crippen molar-refractivity contribution >= 4 is 37.5 Å². The average Bonchev–Trinajstić information content (AvgIpc) is 2.71. The second-order valence-corrected chi connectivity index (χ2v) is 11.7. The maximum absolute atomic E-state index is 12.7. The van der Waals surface area contributed by atoms with Crippen LogP contribution >= 0.6 is 11.8 Å². The van der Waals surface area contributed by atoms with Gasteiger partial charge in [0.15, 0.2) is 9.84 Å². The Labute approximate surface area is 182 Å². The third-order valence-electron chi connectivity index (χ3n) is 4.59. The molecule has 0 spiro atoms. The fraction of sp³-hybridized carbons (Fsp3) is 0.350. The number of nitrogens with one attached hydrogen (secondary N) is 1. The minimum absolute atomic E-state index is 0.124. The fourth-order valence-corrected chi connectivity index (χ4v) is 4.99. The molecule has 0 aliphatic carbocycles. The molecule has 2 rings (SSSR count). The van der Waals surface area contributed by atoms with Crippen LogP contribution in [0.1, 0.15) is 24.9 Å². The van der Waals surface area contributed by atoms with Crippen LogP contribution in [0.2, 0.25) is 0 Å². The van der Waals surface area contributed by atoms with Gasteiger partial charge in [-0.3, -0.25) is 4.79 Å². The summed E-state index contributed by atoms with van der Waals surface area (Å²) in [5.41, 5.74) is 0.747. The Morgan fingerprint density at radius 3 is 2.00 bits per heavy atom. The molecule has 0 saturated carbocycles. The molecular formula is C20H26N2O5S3. The average molecular weight is 471 g/mol. The van der Waals surface area contributed by atoms with E-state index in [4.69, 9.17) is 0 Å². The van der Waals surface area contributed by atoms with Crippen LogP contribution in [-0.2, 0) is 24.7 Å². The van der Waals surface area contributed by atoms with Gasteiger partial charge in [0, 0.05) is 18.2 Å². The van der Waals surface area contributed by atoms with E-state index in [1.807, 2.05) is 13.2 Å². The topological polar surface area (TPSA) is 101 Å². The van der Waals surface area contributed by atoms with E-state index in [1.165, 1.54) is 43.1 Å². The van der Waals surface area contributed by atoms with Gasteiger partial charge < -0.3 is 5.32 Å². The number of likely N-dealkylation sites (N-methyl/N-ethyl adjacent to an activating group) is 1. The lowest BCUT2D eigenvalue weighted by atomic mass is 10.0. The lowest BCUT2D eigenvalue weighted by Crippen LogP contribution is -2.39. The highest BCUT2D eigenvalue weighted by molar-refractivity contribution is 7.98. The van der Waals surface area contributed by atoms with Gasteiger partial charge in [0.25, 0.3) is 0 Å². The van der Waals surface area contributed by atoms with Crippen molar-refractivity contribution in [3.8, 4) is 0 Å². The Morgan fingerprint density at radius 1 is 1.00 bits per heavy atom. The van der Waals surface area contributed by atoms with Gasteiger partial charge in [0.1, 0.15) is 0 Å². The molecule has 0 bridgehead atoms. The molecule has 2 aromatic carbocycles. The fourth-order valence-electron chi connectivity index (χ4n) is 2.82. The molecule has 0 unspecified atom stereocenters. The minimum Gasteiger partial charge on any atom is -0.348 e. The van der Waals surface area contributed by atoms with Crippen LogP contribution in [-0.4, -0.2) is 53.2 Å². The number of hydrogen-bond donors (Lipinski definition) is 1. The normalized spacial score (nSPS) is 13.2. The molecule has 0 radical (unpaired) electrons. The molecule has 30 heavy (non-hydrogen) atoms. The van der Waals surface area contributed by atoms with Crippen molar-refractivity contribution in [3.05, 3.63) is 54.1 Å². The van der Waals surface area contributed by atoms with Crippen LogP contribution in [0.25, 0.3) is 0 Å². The number of thioether (sulfide) groups is 1. The molecule has 0 heterocycles. The standard InChI is InChI=1S/C20H26N2O5S3/c1-5-19(15-6-10-17(11-7-15)29(4,24)25)21-20(23)14-22(2)30(26,27)18-12-8-16(28-3)9-13-18/h6-13,19H,5,14H2,1-4H3,(H,21,23)/t19-/m0/s1. The number of carbonyl (C=O) groups is 1. The SMILES string of the molecule is CC[C@H](NC(=O)CN(C)S(=O)(=O)c1ccc(SC)cc1)c1ccc(S(C)(=O)=O)cc1. The highest BCUT2D eigenvalue weighted by atomic mass is 32.2. The van der Waals surface area contributed by atoms with Crippen molar-refractivity contribution in [1.82, 2.24) is 9.62 Å². The van der Waals surface area contributed by atoms with Gasteiger partial charge in [-0.1, -0.05) is 19.1 Å². The van der Waals surface area contributed by atoms with E-state index < -0.39 is 25.8 Å². The number of nitrogens with zero attached hydrogens (tertiary/aromatic N) is 1. The van der Waals surface area contributed by atoms with Crippen molar-refractivity contribution in [3.63, 3.8) is 0 Å². The van der Waals surface area contributed by atoms with Crippen LogP contribution in [0.3, 0.4) is 0 Å². The first-order chi connectivity index (χ1) is 14.0. The summed E-state index contributed by atoms with van der Waals surface area (Å²) >= 11 is 1.51. The van der Waals surface area contributed by atoms with Gasteiger partial charge in [-0.2, -0.15) is 4.31 Å². The molecule has 7 nitrogen and oxygen atoms in total. The third kappa shape index (κ3) is 6.07. The van der Waals surface area contributed by atoms with E-state index in [-0.39, 0.29) is 22.4 Å². The van der Waals surface area contributed by atoms with E-state index in [0.29, 0.717) is 6.42 Å². The molecule has 0 saturated heterocycles. The predicted octanol–water partition coefficient (Wildman–Crippen LogP) is 2.70. The number of sulfone groups is 1. The summed E-state index contributed by atoms with van der Waals surface area (Å²) in [5.74, 6) is -0.444. The number of rotatable bonds is 9. The quantitative estimate of drug-likeness (QED) is 0.566. The van der Waals surface area contributed by atoms with Gasteiger partial charge in [-0.05, 0) is 54.6 Å². The molecule has 164 valence electrons. The smallest absolute Gasteiger partial charge is 0.243 e. The molecule has 1 amide bonds. The summed E-state index contributed by atoms with van der Waals surface area (Å²) in [7, 11) is -5.73. The molecule has 0 aliphatic rings. The highest BCUT2D eigenvalue weighted by Crippen LogP contribution is 2.21. The van der Waals surface area contributed by atoms with Crippen LogP contribution in [0.5, 0.6) is 0 Å². The first-order valence-electron chi connectivity index (χ1n) is 9.18. The number of amides is 1. The minimum atomic E-state index is -3.79. The van der Waals surface area contributed by atoms with Crippen LogP contribution in [0.4, 0.5) is 0 Å². The molecule has 10 heteroatoms. The Bertz CT molecular complexity index is 1080. The second kappa shape index (κ2) is 9.95. The van der Waals surface area contributed by atoms with Crippen LogP contribution in [0.15, 0.2) is 63.2 Å². The lowest BCUT2D eigenvalue weighted by Gasteiger charge is -2.21. The van der Waals surface area contributed by atoms with E-state index in [0.717, 1.165) is 21.0 Å². The zero-order valence-electron chi connectivity index (χ0n) is 17.3. The molecule has 0 aliphatic heterocycles. The van der Waals surface area contributed by atoms with E-state index in [1.54, 1.807) is 24.3 Å². The Balaban J connectivity index is 2.08. The number of benzene rings is 2. The third-order valence-corrected chi connectivity index (χ3v) is 8.28. The number of sulfonamides is 1. The molecule has 2 aromatic rings. The van der Waals surface area contributed by atoms with Crippen molar-refractivity contribution in [2.75, 3.05) is 26.1 Å². The number of hydrogen-bond acceptors (Lipinski definition) is 6. The zero-order chi connectivity index (χ0) is 22.5. The van der Waals surface area contributed by atoms with Gasteiger partial charge >= 0.3 is 0 Å². The molecule has 1 N–H and O–H groups in total. The van der Waals surface area contributed by atoms with Gasteiger partial charge in [-0.15, -0.1) is 11.8 Å². The maximum Gasteiger partial charge on any atom is 0.243 e. The monoisotopic (exact) mass is 470 g/mol. The zero-order valence-corrected chi connectivity index (χ0v) is 19.8. The van der Waals surface area contributed by atoms with Crippen LogP contribution < -0.4 is 5.32 Å². The Kier molecular flexibility index (Phi) is 8.09. The highest BCUT2D eigenvalue weighted by Gasteiger charge is 2.24. The summed E-state index contributed by atoms with van der Waals surface area (Å²) in [4.78, 5) is 13.8. The summed E-state index contributed by atoms with van der Waals surface area (Å²) < 4.78 is 49.6. The van der Waals surface area contributed by atoms with Crippen LogP contribution in [0, 0.1) is 0 Å². The van der Waals surface area contributed by atoms with Gasteiger partial charge in [-0.25, -0.2) is 16.8 Å².